The first-order chi connectivity index (χ1) is 16.3. The molecule has 0 aliphatic carbocycles. The first-order valence-corrected chi connectivity index (χ1v) is 12.2. The second-order valence-electron chi connectivity index (χ2n) is 7.61. The Morgan fingerprint density at radius 1 is 0.882 bits per heavy atom. The number of benzene rings is 2. The summed E-state index contributed by atoms with van der Waals surface area (Å²) in [6, 6.07) is 7.86. The summed E-state index contributed by atoms with van der Waals surface area (Å²) in [6.07, 6.45) is 5.61. The number of carbonyl (C=O) groups excluding carboxylic acids is 1. The van der Waals surface area contributed by atoms with Gasteiger partial charge in [-0.2, -0.15) is 4.31 Å². The van der Waals surface area contributed by atoms with Gasteiger partial charge in [0.2, 0.25) is 21.7 Å². The third-order valence-electron chi connectivity index (χ3n) is 5.50. The van der Waals surface area contributed by atoms with Crippen molar-refractivity contribution in [2.45, 2.75) is 24.2 Å². The molecule has 0 radical (unpaired) electrons. The predicted molar refractivity (Wildman–Crippen MR) is 129 cm³/mol. The molecule has 184 valence electrons. The Kier molecular flexibility index (Phi) is 8.41. The van der Waals surface area contributed by atoms with Gasteiger partial charge in [0.05, 0.1) is 39.0 Å². The van der Waals surface area contributed by atoms with Crippen LogP contribution < -0.4 is 24.3 Å². The highest BCUT2D eigenvalue weighted by molar-refractivity contribution is 7.89. The molecule has 2 aromatic rings. The van der Waals surface area contributed by atoms with Crippen molar-refractivity contribution in [2.75, 3.05) is 46.8 Å². The summed E-state index contributed by atoms with van der Waals surface area (Å²) >= 11 is 0. The molecule has 0 saturated carbocycles. The SMILES string of the molecule is COc1ccc(S(=O)(=O)N2CCCCC2)cc1NC(=O)/C=C/c1cc(OC)c(OC)c(OC)c1. The van der Waals surface area contributed by atoms with Gasteiger partial charge >= 0.3 is 0 Å². The van der Waals surface area contributed by atoms with Gasteiger partial charge in [0.1, 0.15) is 5.75 Å². The van der Waals surface area contributed by atoms with Crippen LogP contribution in [0.5, 0.6) is 23.0 Å². The van der Waals surface area contributed by atoms with Crippen LogP contribution in [0.3, 0.4) is 0 Å². The van der Waals surface area contributed by atoms with Gasteiger partial charge < -0.3 is 24.3 Å². The van der Waals surface area contributed by atoms with E-state index in [0.717, 1.165) is 19.3 Å². The second-order valence-corrected chi connectivity index (χ2v) is 9.55. The molecule has 2 aromatic carbocycles. The van der Waals surface area contributed by atoms with Gasteiger partial charge in [0.25, 0.3) is 0 Å². The third kappa shape index (κ3) is 5.63. The predicted octanol–water partition coefficient (Wildman–Crippen LogP) is 3.55. The number of ether oxygens (including phenoxy) is 4. The lowest BCUT2D eigenvalue weighted by Crippen LogP contribution is -2.35. The zero-order valence-corrected chi connectivity index (χ0v) is 20.6. The molecule has 0 spiro atoms. The van der Waals surface area contributed by atoms with E-state index in [1.54, 1.807) is 18.2 Å². The average molecular weight is 491 g/mol. The molecule has 1 N–H and O–H groups in total. The fourth-order valence-corrected chi connectivity index (χ4v) is 5.29. The summed E-state index contributed by atoms with van der Waals surface area (Å²) in [5, 5.41) is 2.71. The van der Waals surface area contributed by atoms with Gasteiger partial charge in [0.15, 0.2) is 11.5 Å². The van der Waals surface area contributed by atoms with E-state index in [2.05, 4.69) is 5.32 Å². The molecule has 1 fully saturated rings. The van der Waals surface area contributed by atoms with Crippen LogP contribution in [0.2, 0.25) is 0 Å². The number of nitrogens with one attached hydrogen (secondary N) is 1. The molecule has 0 unspecified atom stereocenters. The van der Waals surface area contributed by atoms with E-state index in [1.807, 2.05) is 0 Å². The van der Waals surface area contributed by atoms with E-state index in [1.165, 1.54) is 57.0 Å². The maximum Gasteiger partial charge on any atom is 0.248 e. The zero-order chi connectivity index (χ0) is 24.7. The number of sulfonamides is 1. The topological polar surface area (TPSA) is 103 Å². The van der Waals surface area contributed by atoms with E-state index >= 15 is 0 Å². The van der Waals surface area contributed by atoms with Crippen LogP contribution >= 0.6 is 0 Å². The van der Waals surface area contributed by atoms with Crippen LogP contribution in [0.25, 0.3) is 6.08 Å². The molecule has 1 amide bonds. The van der Waals surface area contributed by atoms with Crippen molar-refractivity contribution in [3.63, 3.8) is 0 Å². The Hall–Kier alpha value is -3.24. The van der Waals surface area contributed by atoms with Crippen molar-refractivity contribution in [3.05, 3.63) is 42.0 Å². The van der Waals surface area contributed by atoms with E-state index in [4.69, 9.17) is 18.9 Å². The Morgan fingerprint density at radius 2 is 1.50 bits per heavy atom. The Morgan fingerprint density at radius 3 is 2.06 bits per heavy atom. The lowest BCUT2D eigenvalue weighted by Gasteiger charge is -2.26. The van der Waals surface area contributed by atoms with Crippen LogP contribution in [0.4, 0.5) is 5.69 Å². The minimum absolute atomic E-state index is 0.110. The number of carbonyl (C=O) groups is 1. The lowest BCUT2D eigenvalue weighted by atomic mass is 10.1. The fourth-order valence-electron chi connectivity index (χ4n) is 3.74. The maximum atomic E-state index is 13.0. The molecular weight excluding hydrogens is 460 g/mol. The van der Waals surface area contributed by atoms with Crippen LogP contribution in [0, 0.1) is 0 Å². The highest BCUT2D eigenvalue weighted by Gasteiger charge is 2.27. The number of methoxy groups -OCH3 is 4. The summed E-state index contributed by atoms with van der Waals surface area (Å²) in [5.74, 6) is 1.26. The molecule has 1 saturated heterocycles. The van der Waals surface area contributed by atoms with Crippen molar-refractivity contribution in [1.82, 2.24) is 4.31 Å². The van der Waals surface area contributed by atoms with Gasteiger partial charge in [-0.05, 0) is 54.8 Å². The standard InChI is InChI=1S/C24H30N2O7S/c1-30-20-10-9-18(34(28,29)26-12-6-5-7-13-26)16-19(20)25-23(27)11-8-17-14-21(31-2)24(33-4)22(15-17)32-3/h8-11,14-16H,5-7,12-13H2,1-4H3,(H,25,27)/b11-8+. The summed E-state index contributed by atoms with van der Waals surface area (Å²) < 4.78 is 48.8. The molecule has 10 heteroatoms. The molecule has 0 bridgehead atoms. The van der Waals surface area contributed by atoms with Crippen molar-refractivity contribution >= 4 is 27.7 Å². The van der Waals surface area contributed by atoms with Gasteiger partial charge in [0, 0.05) is 19.2 Å². The first-order valence-electron chi connectivity index (χ1n) is 10.8. The molecule has 1 aliphatic rings. The number of hydrogen-bond donors (Lipinski definition) is 1. The van der Waals surface area contributed by atoms with Crippen molar-refractivity contribution in [1.29, 1.82) is 0 Å². The smallest absolute Gasteiger partial charge is 0.248 e. The first kappa shape index (κ1) is 25.4. The number of nitrogens with zero attached hydrogens (tertiary/aromatic N) is 1. The molecule has 1 aliphatic heterocycles. The molecule has 9 nitrogen and oxygen atoms in total. The Labute approximate surface area is 200 Å². The highest BCUT2D eigenvalue weighted by atomic mass is 32.2. The van der Waals surface area contributed by atoms with Crippen LogP contribution in [0.15, 0.2) is 41.3 Å². The molecule has 34 heavy (non-hydrogen) atoms. The molecule has 3 rings (SSSR count). The Balaban J connectivity index is 1.83. The number of piperidine rings is 1. The minimum Gasteiger partial charge on any atom is -0.495 e. The summed E-state index contributed by atoms with van der Waals surface area (Å²) in [5.41, 5.74) is 0.915. The van der Waals surface area contributed by atoms with E-state index in [-0.39, 0.29) is 10.6 Å². The summed E-state index contributed by atoms with van der Waals surface area (Å²) in [4.78, 5) is 12.8. The minimum atomic E-state index is -3.65. The van der Waals surface area contributed by atoms with Crippen molar-refractivity contribution < 1.29 is 32.2 Å². The largest absolute Gasteiger partial charge is 0.495 e. The normalized spacial score (nSPS) is 14.6. The van der Waals surface area contributed by atoms with Gasteiger partial charge in [-0.1, -0.05) is 6.42 Å². The monoisotopic (exact) mass is 490 g/mol. The van der Waals surface area contributed by atoms with Gasteiger partial charge in [-0.3, -0.25) is 4.79 Å². The lowest BCUT2D eigenvalue weighted by molar-refractivity contribution is -0.111. The quantitative estimate of drug-likeness (QED) is 0.536. The van der Waals surface area contributed by atoms with Crippen molar-refractivity contribution in [2.24, 2.45) is 0 Å². The average Bonchev–Trinajstić information content (AvgIpc) is 2.87. The van der Waals surface area contributed by atoms with Crippen LogP contribution in [-0.4, -0.2) is 60.2 Å². The summed E-state index contributed by atoms with van der Waals surface area (Å²) in [6.45, 7) is 0.987. The van der Waals surface area contributed by atoms with Crippen molar-refractivity contribution in [3.8, 4) is 23.0 Å². The Bertz CT molecular complexity index is 1130. The van der Waals surface area contributed by atoms with E-state index in [0.29, 0.717) is 41.7 Å². The number of hydrogen-bond acceptors (Lipinski definition) is 7. The number of anilines is 1. The number of rotatable bonds is 9. The highest BCUT2D eigenvalue weighted by Crippen LogP contribution is 2.38. The van der Waals surface area contributed by atoms with Crippen LogP contribution in [-0.2, 0) is 14.8 Å². The zero-order valence-electron chi connectivity index (χ0n) is 19.8. The van der Waals surface area contributed by atoms with Gasteiger partial charge in [-0.25, -0.2) is 8.42 Å². The van der Waals surface area contributed by atoms with Gasteiger partial charge in [-0.15, -0.1) is 0 Å². The maximum absolute atomic E-state index is 13.0. The molecule has 0 aromatic heterocycles. The molecular formula is C24H30N2O7S. The van der Waals surface area contributed by atoms with E-state index in [9.17, 15) is 13.2 Å². The second kappa shape index (κ2) is 11.3. The molecule has 1 heterocycles. The summed E-state index contributed by atoms with van der Waals surface area (Å²) in [7, 11) is 2.33. The number of amides is 1. The fraction of sp³-hybridized carbons (Fsp3) is 0.375. The van der Waals surface area contributed by atoms with E-state index < -0.39 is 15.9 Å². The van der Waals surface area contributed by atoms with Crippen LogP contribution in [0.1, 0.15) is 24.8 Å². The third-order valence-corrected chi connectivity index (χ3v) is 7.39. The molecule has 0 atom stereocenters.